The van der Waals surface area contributed by atoms with Gasteiger partial charge >= 0.3 is 0 Å². The number of carbonyl (C=O) groups excluding carboxylic acids is 1. The van der Waals surface area contributed by atoms with Crippen molar-refractivity contribution in [3.05, 3.63) is 18.5 Å². The van der Waals surface area contributed by atoms with Gasteiger partial charge in [0.25, 0.3) is 0 Å². The van der Waals surface area contributed by atoms with E-state index in [-0.39, 0.29) is 30.7 Å². The number of aromatic nitrogens is 2. The minimum atomic E-state index is 0. The SMILES string of the molecule is Cl.Cl.NCCCC(=O)N1CCC(Cn2cccn2)CC1. The Kier molecular flexibility index (Phi) is 9.63. The van der Waals surface area contributed by atoms with E-state index in [2.05, 4.69) is 5.10 Å². The van der Waals surface area contributed by atoms with Crippen LogP contribution in [0.4, 0.5) is 0 Å². The molecular weight excluding hydrogens is 299 g/mol. The molecule has 1 aliphatic rings. The zero-order valence-electron chi connectivity index (χ0n) is 11.6. The standard InChI is InChI=1S/C13H22N4O.2ClH/c14-6-1-3-13(18)16-9-4-12(5-10-16)11-17-8-2-7-15-17;;/h2,7-8,12H,1,3-6,9-11,14H2;2*1H. The highest BCUT2D eigenvalue weighted by molar-refractivity contribution is 5.85. The van der Waals surface area contributed by atoms with Crippen LogP contribution >= 0.6 is 24.8 Å². The summed E-state index contributed by atoms with van der Waals surface area (Å²) in [6.45, 7) is 3.34. The first kappa shape index (κ1) is 19.2. The molecule has 0 unspecified atom stereocenters. The highest BCUT2D eigenvalue weighted by atomic mass is 35.5. The molecule has 2 N–H and O–H groups in total. The van der Waals surface area contributed by atoms with Crippen molar-refractivity contribution in [2.45, 2.75) is 32.2 Å². The van der Waals surface area contributed by atoms with Gasteiger partial charge in [-0.2, -0.15) is 5.10 Å². The number of nitrogens with zero attached hydrogens (tertiary/aromatic N) is 3. The molecule has 0 saturated carbocycles. The van der Waals surface area contributed by atoms with Crippen molar-refractivity contribution < 1.29 is 4.79 Å². The monoisotopic (exact) mass is 322 g/mol. The second-order valence-electron chi connectivity index (χ2n) is 4.94. The summed E-state index contributed by atoms with van der Waals surface area (Å²) < 4.78 is 1.98. The highest BCUT2D eigenvalue weighted by Crippen LogP contribution is 2.19. The molecule has 1 aromatic heterocycles. The van der Waals surface area contributed by atoms with Crippen molar-refractivity contribution in [3.63, 3.8) is 0 Å². The quantitative estimate of drug-likeness (QED) is 0.897. The lowest BCUT2D eigenvalue weighted by Crippen LogP contribution is -2.39. The second kappa shape index (κ2) is 10.0. The topological polar surface area (TPSA) is 64.2 Å². The predicted octanol–water partition coefficient (Wildman–Crippen LogP) is 1.70. The molecule has 1 saturated heterocycles. The number of rotatable bonds is 5. The number of hydrogen-bond donors (Lipinski definition) is 1. The highest BCUT2D eigenvalue weighted by Gasteiger charge is 2.22. The molecule has 7 heteroatoms. The number of piperidine rings is 1. The smallest absolute Gasteiger partial charge is 0.222 e. The van der Waals surface area contributed by atoms with Gasteiger partial charge in [-0.1, -0.05) is 0 Å². The van der Waals surface area contributed by atoms with Crippen LogP contribution in [-0.4, -0.2) is 40.2 Å². The number of nitrogens with two attached hydrogens (primary N) is 1. The van der Waals surface area contributed by atoms with Gasteiger partial charge in [0, 0.05) is 38.4 Å². The van der Waals surface area contributed by atoms with Crippen molar-refractivity contribution in [3.8, 4) is 0 Å². The first-order chi connectivity index (χ1) is 8.79. The van der Waals surface area contributed by atoms with E-state index in [1.165, 1.54) is 0 Å². The lowest BCUT2D eigenvalue weighted by molar-refractivity contribution is -0.132. The zero-order valence-corrected chi connectivity index (χ0v) is 13.2. The van der Waals surface area contributed by atoms with Gasteiger partial charge < -0.3 is 10.6 Å². The van der Waals surface area contributed by atoms with Crippen LogP contribution in [-0.2, 0) is 11.3 Å². The van der Waals surface area contributed by atoms with Crippen LogP contribution in [0.3, 0.4) is 0 Å². The van der Waals surface area contributed by atoms with E-state index in [9.17, 15) is 4.79 Å². The van der Waals surface area contributed by atoms with Gasteiger partial charge in [-0.3, -0.25) is 9.48 Å². The van der Waals surface area contributed by atoms with Crippen LogP contribution in [0, 0.1) is 5.92 Å². The number of hydrogen-bond acceptors (Lipinski definition) is 3. The van der Waals surface area contributed by atoms with Gasteiger partial charge in [-0.25, -0.2) is 0 Å². The predicted molar refractivity (Wildman–Crippen MR) is 84.3 cm³/mol. The zero-order chi connectivity index (χ0) is 12.8. The normalized spacial score (nSPS) is 15.3. The maximum atomic E-state index is 11.8. The Bertz CT molecular complexity index is 364. The molecule has 0 aromatic carbocycles. The molecule has 0 radical (unpaired) electrons. The number of amides is 1. The molecule has 1 amide bonds. The number of halogens is 2. The Morgan fingerprint density at radius 3 is 2.55 bits per heavy atom. The molecule has 5 nitrogen and oxygen atoms in total. The van der Waals surface area contributed by atoms with Crippen LogP contribution < -0.4 is 5.73 Å². The van der Waals surface area contributed by atoms with Gasteiger partial charge in [-0.15, -0.1) is 24.8 Å². The van der Waals surface area contributed by atoms with E-state index in [4.69, 9.17) is 5.73 Å². The summed E-state index contributed by atoms with van der Waals surface area (Å²) in [4.78, 5) is 13.8. The summed E-state index contributed by atoms with van der Waals surface area (Å²) in [5, 5.41) is 4.23. The third-order valence-corrected chi connectivity index (χ3v) is 3.57. The fourth-order valence-electron chi connectivity index (χ4n) is 2.45. The van der Waals surface area contributed by atoms with E-state index < -0.39 is 0 Å². The molecule has 0 atom stereocenters. The van der Waals surface area contributed by atoms with E-state index in [0.717, 1.165) is 38.9 Å². The first-order valence-electron chi connectivity index (χ1n) is 6.75. The van der Waals surface area contributed by atoms with Gasteiger partial charge in [0.1, 0.15) is 0 Å². The Balaban J connectivity index is 0.00000180. The summed E-state index contributed by atoms with van der Waals surface area (Å²) in [7, 11) is 0. The fourth-order valence-corrected chi connectivity index (χ4v) is 2.45. The maximum absolute atomic E-state index is 11.8. The first-order valence-corrected chi connectivity index (χ1v) is 6.75. The van der Waals surface area contributed by atoms with E-state index in [1.54, 1.807) is 0 Å². The van der Waals surface area contributed by atoms with Gasteiger partial charge in [0.2, 0.25) is 5.91 Å². The van der Waals surface area contributed by atoms with Crippen LogP contribution in [0.15, 0.2) is 18.5 Å². The molecule has 2 heterocycles. The molecule has 20 heavy (non-hydrogen) atoms. The van der Waals surface area contributed by atoms with Crippen molar-refractivity contribution in [1.82, 2.24) is 14.7 Å². The minimum Gasteiger partial charge on any atom is -0.343 e. The van der Waals surface area contributed by atoms with Crippen molar-refractivity contribution in [1.29, 1.82) is 0 Å². The van der Waals surface area contributed by atoms with Crippen molar-refractivity contribution in [2.75, 3.05) is 19.6 Å². The van der Waals surface area contributed by atoms with E-state index in [1.807, 2.05) is 28.0 Å². The van der Waals surface area contributed by atoms with Gasteiger partial charge in [-0.05, 0) is 37.8 Å². The van der Waals surface area contributed by atoms with E-state index in [0.29, 0.717) is 18.9 Å². The van der Waals surface area contributed by atoms with Crippen LogP contribution in [0.1, 0.15) is 25.7 Å². The molecule has 0 spiro atoms. The Morgan fingerprint density at radius 2 is 2.00 bits per heavy atom. The molecule has 1 fully saturated rings. The summed E-state index contributed by atoms with van der Waals surface area (Å²) in [5.74, 6) is 0.904. The van der Waals surface area contributed by atoms with Gasteiger partial charge in [0.05, 0.1) is 0 Å². The van der Waals surface area contributed by atoms with Crippen LogP contribution in [0.2, 0.25) is 0 Å². The maximum Gasteiger partial charge on any atom is 0.222 e. The third-order valence-electron chi connectivity index (χ3n) is 3.57. The van der Waals surface area contributed by atoms with Crippen LogP contribution in [0.5, 0.6) is 0 Å². The second-order valence-corrected chi connectivity index (χ2v) is 4.94. The molecule has 1 aromatic rings. The lowest BCUT2D eigenvalue weighted by Gasteiger charge is -2.32. The number of carbonyl (C=O) groups is 1. The Labute approximate surface area is 132 Å². The molecular formula is C13H24Cl2N4O. The lowest BCUT2D eigenvalue weighted by atomic mass is 9.96. The van der Waals surface area contributed by atoms with E-state index >= 15 is 0 Å². The summed E-state index contributed by atoms with van der Waals surface area (Å²) in [5.41, 5.74) is 5.42. The average Bonchev–Trinajstić information content (AvgIpc) is 2.89. The molecule has 116 valence electrons. The van der Waals surface area contributed by atoms with Crippen molar-refractivity contribution in [2.24, 2.45) is 11.7 Å². The molecule has 0 aliphatic carbocycles. The minimum absolute atomic E-state index is 0. The summed E-state index contributed by atoms with van der Waals surface area (Å²) in [6.07, 6.45) is 7.36. The molecule has 1 aliphatic heterocycles. The van der Waals surface area contributed by atoms with Crippen LogP contribution in [0.25, 0.3) is 0 Å². The largest absolute Gasteiger partial charge is 0.343 e. The fraction of sp³-hybridized carbons (Fsp3) is 0.692. The Morgan fingerprint density at radius 1 is 1.30 bits per heavy atom. The molecule has 0 bridgehead atoms. The third kappa shape index (κ3) is 5.69. The van der Waals surface area contributed by atoms with Crippen molar-refractivity contribution >= 4 is 30.7 Å². The summed E-state index contributed by atoms with van der Waals surface area (Å²) in [6, 6.07) is 1.95. The average molecular weight is 323 g/mol. The summed E-state index contributed by atoms with van der Waals surface area (Å²) >= 11 is 0. The Hall–Kier alpha value is -0.780. The number of likely N-dealkylation sites (tertiary alicyclic amines) is 1. The van der Waals surface area contributed by atoms with Gasteiger partial charge in [0.15, 0.2) is 0 Å². The molecule has 2 rings (SSSR count).